The molecule has 0 atom stereocenters. The lowest BCUT2D eigenvalue weighted by atomic mass is 10.2. The number of hydrogen-bond donors (Lipinski definition) is 1. The summed E-state index contributed by atoms with van der Waals surface area (Å²) >= 11 is 7.47. The largest absolute Gasteiger partial charge is 0.346 e. The molecular formula is C15H14ClFN2S. The number of nitrogens with one attached hydrogen (secondary N) is 1. The summed E-state index contributed by atoms with van der Waals surface area (Å²) < 4.78 is 16.4. The Hall–Kier alpha value is -1.36. The summed E-state index contributed by atoms with van der Waals surface area (Å²) in [5.41, 5.74) is 0.936. The van der Waals surface area contributed by atoms with Gasteiger partial charge in [0.15, 0.2) is 0 Å². The van der Waals surface area contributed by atoms with Crippen LogP contribution in [0.2, 0.25) is 4.34 Å². The molecule has 0 aliphatic carbocycles. The Balaban J connectivity index is 1.59. The number of thiophene rings is 1. The van der Waals surface area contributed by atoms with E-state index < -0.39 is 0 Å². The van der Waals surface area contributed by atoms with Crippen LogP contribution < -0.4 is 5.32 Å². The van der Waals surface area contributed by atoms with E-state index >= 15 is 0 Å². The van der Waals surface area contributed by atoms with Crippen LogP contribution in [0.3, 0.4) is 0 Å². The van der Waals surface area contributed by atoms with Gasteiger partial charge in [0.05, 0.1) is 9.85 Å². The van der Waals surface area contributed by atoms with Crippen molar-refractivity contribution in [3.05, 3.63) is 57.6 Å². The highest BCUT2D eigenvalue weighted by atomic mass is 35.5. The van der Waals surface area contributed by atoms with Gasteiger partial charge in [0.1, 0.15) is 5.82 Å². The fourth-order valence-corrected chi connectivity index (χ4v) is 3.30. The van der Waals surface area contributed by atoms with E-state index in [1.165, 1.54) is 10.9 Å². The molecule has 1 aromatic carbocycles. The molecule has 2 nitrogen and oxygen atoms in total. The highest BCUT2D eigenvalue weighted by Gasteiger charge is 2.04. The Morgan fingerprint density at radius 1 is 1.20 bits per heavy atom. The maximum atomic E-state index is 13.6. The molecule has 5 heteroatoms. The number of benzene rings is 1. The van der Waals surface area contributed by atoms with E-state index in [1.54, 1.807) is 17.4 Å². The van der Waals surface area contributed by atoms with Gasteiger partial charge < -0.3 is 9.88 Å². The van der Waals surface area contributed by atoms with E-state index in [2.05, 4.69) is 9.88 Å². The van der Waals surface area contributed by atoms with Crippen LogP contribution in [-0.4, -0.2) is 11.1 Å². The first-order valence-electron chi connectivity index (χ1n) is 6.42. The SMILES string of the molecule is Fc1cccc2c1ccn2CCNCc1ccc(Cl)s1. The van der Waals surface area contributed by atoms with Crippen molar-refractivity contribution in [2.75, 3.05) is 6.54 Å². The minimum absolute atomic E-state index is 0.164. The van der Waals surface area contributed by atoms with Crippen molar-refractivity contribution in [3.8, 4) is 0 Å². The molecule has 20 heavy (non-hydrogen) atoms. The lowest BCUT2D eigenvalue weighted by Gasteiger charge is -2.06. The zero-order chi connectivity index (χ0) is 13.9. The van der Waals surface area contributed by atoms with Gasteiger partial charge in [-0.15, -0.1) is 11.3 Å². The van der Waals surface area contributed by atoms with Crippen LogP contribution in [0.25, 0.3) is 10.9 Å². The fourth-order valence-electron chi connectivity index (χ4n) is 2.24. The Labute approximate surface area is 125 Å². The smallest absolute Gasteiger partial charge is 0.132 e. The Kier molecular flexibility index (Phi) is 4.05. The van der Waals surface area contributed by atoms with Gasteiger partial charge >= 0.3 is 0 Å². The zero-order valence-corrected chi connectivity index (χ0v) is 12.3. The average molecular weight is 309 g/mol. The molecule has 0 saturated heterocycles. The van der Waals surface area contributed by atoms with Crippen molar-refractivity contribution in [3.63, 3.8) is 0 Å². The third kappa shape index (κ3) is 2.87. The summed E-state index contributed by atoms with van der Waals surface area (Å²) in [5, 5.41) is 4.05. The topological polar surface area (TPSA) is 17.0 Å². The van der Waals surface area contributed by atoms with Gasteiger partial charge in [0.2, 0.25) is 0 Å². The molecular weight excluding hydrogens is 295 g/mol. The van der Waals surface area contributed by atoms with Gasteiger partial charge in [-0.2, -0.15) is 0 Å². The quantitative estimate of drug-likeness (QED) is 0.696. The van der Waals surface area contributed by atoms with Crippen molar-refractivity contribution < 1.29 is 4.39 Å². The predicted molar refractivity (Wildman–Crippen MR) is 82.9 cm³/mol. The van der Waals surface area contributed by atoms with Gasteiger partial charge in [0.25, 0.3) is 0 Å². The molecule has 0 bridgehead atoms. The molecule has 2 heterocycles. The molecule has 0 saturated carbocycles. The standard InChI is InChI=1S/C15H14ClFN2S/c16-15-5-4-11(20-15)10-18-7-9-19-8-6-12-13(17)2-1-3-14(12)19/h1-6,8,18H,7,9-10H2. The molecule has 0 radical (unpaired) electrons. The molecule has 3 rings (SSSR count). The van der Waals surface area contributed by atoms with Gasteiger partial charge in [-0.25, -0.2) is 4.39 Å². The number of halogens is 2. The van der Waals surface area contributed by atoms with Crippen molar-refractivity contribution in [2.24, 2.45) is 0 Å². The molecule has 0 spiro atoms. The first kappa shape index (κ1) is 13.6. The van der Waals surface area contributed by atoms with E-state index in [4.69, 9.17) is 11.6 Å². The molecule has 0 amide bonds. The van der Waals surface area contributed by atoms with Crippen molar-refractivity contribution in [2.45, 2.75) is 13.1 Å². The van der Waals surface area contributed by atoms with E-state index in [0.29, 0.717) is 5.39 Å². The fraction of sp³-hybridized carbons (Fsp3) is 0.200. The molecule has 2 aromatic heterocycles. The second kappa shape index (κ2) is 5.95. The van der Waals surface area contributed by atoms with E-state index in [-0.39, 0.29) is 5.82 Å². The van der Waals surface area contributed by atoms with E-state index in [1.807, 2.05) is 30.5 Å². The van der Waals surface area contributed by atoms with Crippen LogP contribution in [0, 0.1) is 5.82 Å². The molecule has 0 unspecified atom stereocenters. The van der Waals surface area contributed by atoms with Gasteiger partial charge in [-0.1, -0.05) is 17.7 Å². The van der Waals surface area contributed by atoms with E-state index in [0.717, 1.165) is 29.5 Å². The van der Waals surface area contributed by atoms with Gasteiger partial charge in [0, 0.05) is 36.1 Å². The minimum Gasteiger partial charge on any atom is -0.346 e. The zero-order valence-electron chi connectivity index (χ0n) is 10.8. The van der Waals surface area contributed by atoms with Crippen LogP contribution >= 0.6 is 22.9 Å². The van der Waals surface area contributed by atoms with Gasteiger partial charge in [-0.05, 0) is 30.3 Å². The summed E-state index contributed by atoms with van der Waals surface area (Å²) in [6, 6.07) is 10.9. The predicted octanol–water partition coefficient (Wildman–Crippen LogP) is 4.29. The van der Waals surface area contributed by atoms with Crippen LogP contribution in [0.4, 0.5) is 4.39 Å². The second-order valence-corrected chi connectivity index (χ2v) is 6.36. The Morgan fingerprint density at radius 2 is 2.10 bits per heavy atom. The van der Waals surface area contributed by atoms with Crippen LogP contribution in [0.5, 0.6) is 0 Å². The van der Waals surface area contributed by atoms with Crippen molar-refractivity contribution in [1.82, 2.24) is 9.88 Å². The maximum Gasteiger partial charge on any atom is 0.132 e. The van der Waals surface area contributed by atoms with Gasteiger partial charge in [-0.3, -0.25) is 0 Å². The van der Waals surface area contributed by atoms with E-state index in [9.17, 15) is 4.39 Å². The number of fused-ring (bicyclic) bond motifs is 1. The maximum absolute atomic E-state index is 13.6. The Bertz CT molecular complexity index is 720. The second-order valence-electron chi connectivity index (χ2n) is 4.56. The summed E-state index contributed by atoms with van der Waals surface area (Å²) in [6.07, 6.45) is 1.93. The summed E-state index contributed by atoms with van der Waals surface area (Å²) in [7, 11) is 0. The average Bonchev–Trinajstić information content (AvgIpc) is 3.02. The molecule has 0 fully saturated rings. The summed E-state index contributed by atoms with van der Waals surface area (Å²) in [5.74, 6) is -0.164. The number of aromatic nitrogens is 1. The molecule has 3 aromatic rings. The van der Waals surface area contributed by atoms with Crippen LogP contribution in [0.15, 0.2) is 42.6 Å². The highest BCUT2D eigenvalue weighted by molar-refractivity contribution is 7.16. The number of nitrogens with zero attached hydrogens (tertiary/aromatic N) is 1. The molecule has 0 aliphatic heterocycles. The molecule has 104 valence electrons. The monoisotopic (exact) mass is 308 g/mol. The highest BCUT2D eigenvalue weighted by Crippen LogP contribution is 2.21. The lowest BCUT2D eigenvalue weighted by Crippen LogP contribution is -2.18. The third-order valence-corrected chi connectivity index (χ3v) is 4.45. The lowest BCUT2D eigenvalue weighted by molar-refractivity contribution is 0.611. The summed E-state index contributed by atoms with van der Waals surface area (Å²) in [6.45, 7) is 2.45. The number of hydrogen-bond acceptors (Lipinski definition) is 2. The molecule has 1 N–H and O–H groups in total. The van der Waals surface area contributed by atoms with Crippen LogP contribution in [0.1, 0.15) is 4.88 Å². The third-order valence-electron chi connectivity index (χ3n) is 3.22. The first-order chi connectivity index (χ1) is 9.74. The normalized spacial score (nSPS) is 11.3. The minimum atomic E-state index is -0.164. The van der Waals surface area contributed by atoms with Crippen molar-refractivity contribution >= 4 is 33.8 Å². The van der Waals surface area contributed by atoms with Crippen LogP contribution in [-0.2, 0) is 13.1 Å². The number of rotatable bonds is 5. The molecule has 0 aliphatic rings. The summed E-state index contributed by atoms with van der Waals surface area (Å²) in [4.78, 5) is 1.22. The first-order valence-corrected chi connectivity index (χ1v) is 7.62. The van der Waals surface area contributed by atoms with Crippen molar-refractivity contribution in [1.29, 1.82) is 0 Å². The Morgan fingerprint density at radius 3 is 2.90 bits per heavy atom.